The average Bonchev–Trinajstić information content (AvgIpc) is 2.75. The summed E-state index contributed by atoms with van der Waals surface area (Å²) in [5.74, 6) is -2.69. The summed E-state index contributed by atoms with van der Waals surface area (Å²) in [4.78, 5) is 49.3. The number of urea groups is 1. The van der Waals surface area contributed by atoms with Crippen LogP contribution in [0.3, 0.4) is 0 Å². The SMILES string of the molecule is CCOC(=O)CN1C(=O)[C@H](CC(=O)O)N(Cc2ccc(O)cc2)C1=O. The van der Waals surface area contributed by atoms with E-state index in [0.29, 0.717) is 10.5 Å². The van der Waals surface area contributed by atoms with Crippen LogP contribution in [0.15, 0.2) is 24.3 Å². The zero-order valence-corrected chi connectivity index (χ0v) is 13.5. The number of carbonyl (C=O) groups excluding carboxylic acids is 3. The maximum atomic E-state index is 12.5. The highest BCUT2D eigenvalue weighted by atomic mass is 16.5. The number of benzene rings is 1. The van der Waals surface area contributed by atoms with Crippen molar-refractivity contribution in [1.29, 1.82) is 0 Å². The number of ether oxygens (including phenoxy) is 1. The predicted octanol–water partition coefficient (Wildman–Crippen LogP) is 0.563. The number of nitrogens with zero attached hydrogens (tertiary/aromatic N) is 2. The first-order chi connectivity index (χ1) is 11.8. The molecule has 25 heavy (non-hydrogen) atoms. The molecule has 0 unspecified atom stereocenters. The van der Waals surface area contributed by atoms with Crippen molar-refractivity contribution >= 4 is 23.9 Å². The fourth-order valence-corrected chi connectivity index (χ4v) is 2.52. The molecular weight excluding hydrogens is 332 g/mol. The van der Waals surface area contributed by atoms with Crippen LogP contribution in [0.2, 0.25) is 0 Å². The Hall–Kier alpha value is -3.10. The number of rotatable bonds is 7. The summed E-state index contributed by atoms with van der Waals surface area (Å²) in [5.41, 5.74) is 0.604. The molecule has 0 radical (unpaired) electrons. The number of aliphatic carboxylic acids is 1. The fourth-order valence-electron chi connectivity index (χ4n) is 2.52. The van der Waals surface area contributed by atoms with Crippen LogP contribution in [-0.4, -0.2) is 63.1 Å². The highest BCUT2D eigenvalue weighted by Gasteiger charge is 2.46. The van der Waals surface area contributed by atoms with Gasteiger partial charge in [-0.25, -0.2) is 4.79 Å². The van der Waals surface area contributed by atoms with Gasteiger partial charge in [-0.2, -0.15) is 0 Å². The second kappa shape index (κ2) is 7.65. The number of aromatic hydroxyl groups is 1. The zero-order valence-electron chi connectivity index (χ0n) is 13.5. The van der Waals surface area contributed by atoms with Gasteiger partial charge < -0.3 is 19.8 Å². The predicted molar refractivity (Wildman–Crippen MR) is 83.4 cm³/mol. The number of carboxylic acid groups (broad SMARTS) is 1. The molecule has 0 bridgehead atoms. The molecule has 9 nitrogen and oxygen atoms in total. The fraction of sp³-hybridized carbons (Fsp3) is 0.375. The lowest BCUT2D eigenvalue weighted by Gasteiger charge is -2.20. The highest BCUT2D eigenvalue weighted by molar-refractivity contribution is 6.07. The van der Waals surface area contributed by atoms with Crippen LogP contribution in [0.1, 0.15) is 18.9 Å². The summed E-state index contributed by atoms with van der Waals surface area (Å²) in [6.07, 6.45) is -0.567. The van der Waals surface area contributed by atoms with E-state index in [2.05, 4.69) is 0 Å². The number of phenols is 1. The highest BCUT2D eigenvalue weighted by Crippen LogP contribution is 2.23. The van der Waals surface area contributed by atoms with E-state index in [1.807, 2.05) is 0 Å². The molecule has 0 aliphatic carbocycles. The third-order valence-electron chi connectivity index (χ3n) is 3.65. The lowest BCUT2D eigenvalue weighted by atomic mass is 10.1. The maximum Gasteiger partial charge on any atom is 0.328 e. The molecule has 0 saturated carbocycles. The Labute approximate surface area is 143 Å². The summed E-state index contributed by atoms with van der Waals surface area (Å²) in [5, 5.41) is 18.3. The van der Waals surface area contributed by atoms with Gasteiger partial charge in [0.25, 0.3) is 5.91 Å². The molecular formula is C16H18N2O7. The smallest absolute Gasteiger partial charge is 0.328 e. The van der Waals surface area contributed by atoms with E-state index >= 15 is 0 Å². The van der Waals surface area contributed by atoms with Gasteiger partial charge in [0.05, 0.1) is 13.0 Å². The quantitative estimate of drug-likeness (QED) is 0.544. The van der Waals surface area contributed by atoms with E-state index in [0.717, 1.165) is 4.90 Å². The van der Waals surface area contributed by atoms with Crippen LogP contribution in [-0.2, 0) is 25.7 Å². The van der Waals surface area contributed by atoms with Gasteiger partial charge in [-0.15, -0.1) is 0 Å². The standard InChI is InChI=1S/C16H18N2O7/c1-2-25-14(22)9-18-15(23)12(7-13(20)21)17(16(18)24)8-10-3-5-11(19)6-4-10/h3-6,12,19H,2,7-9H2,1H3,(H,20,21)/t12-/m0/s1. The number of carboxylic acids is 1. The van der Waals surface area contributed by atoms with Gasteiger partial charge in [0.1, 0.15) is 18.3 Å². The molecule has 134 valence electrons. The third-order valence-corrected chi connectivity index (χ3v) is 3.65. The van der Waals surface area contributed by atoms with Gasteiger partial charge in [0, 0.05) is 6.54 Å². The molecule has 3 amide bonds. The minimum atomic E-state index is -1.24. The van der Waals surface area contributed by atoms with Crippen LogP contribution in [0.4, 0.5) is 4.79 Å². The monoisotopic (exact) mass is 350 g/mol. The Morgan fingerprint density at radius 2 is 1.84 bits per heavy atom. The molecule has 0 aromatic heterocycles. The molecule has 1 aliphatic heterocycles. The first-order valence-corrected chi connectivity index (χ1v) is 7.60. The van der Waals surface area contributed by atoms with Crippen molar-refractivity contribution < 1.29 is 34.1 Å². The third kappa shape index (κ3) is 4.25. The Balaban J connectivity index is 2.22. The Kier molecular flexibility index (Phi) is 5.58. The van der Waals surface area contributed by atoms with Crippen LogP contribution in [0, 0.1) is 0 Å². The van der Waals surface area contributed by atoms with Crippen molar-refractivity contribution in [2.24, 2.45) is 0 Å². The number of carbonyl (C=O) groups is 4. The normalized spacial score (nSPS) is 17.1. The largest absolute Gasteiger partial charge is 0.508 e. The van der Waals surface area contributed by atoms with Gasteiger partial charge in [-0.1, -0.05) is 12.1 Å². The summed E-state index contributed by atoms with van der Waals surface area (Å²) in [7, 11) is 0. The number of amides is 3. The summed E-state index contributed by atoms with van der Waals surface area (Å²) in [6, 6.07) is 3.99. The minimum absolute atomic E-state index is 0.0257. The second-order valence-corrected chi connectivity index (χ2v) is 5.42. The number of phenolic OH excluding ortho intramolecular Hbond substituents is 1. The van der Waals surface area contributed by atoms with Gasteiger partial charge >= 0.3 is 18.0 Å². The van der Waals surface area contributed by atoms with E-state index in [4.69, 9.17) is 9.84 Å². The molecule has 1 aliphatic rings. The second-order valence-electron chi connectivity index (χ2n) is 5.42. The van der Waals surface area contributed by atoms with Crippen LogP contribution < -0.4 is 0 Å². The van der Waals surface area contributed by atoms with E-state index in [1.165, 1.54) is 12.1 Å². The molecule has 1 aromatic carbocycles. The van der Waals surface area contributed by atoms with Crippen molar-refractivity contribution in [3.63, 3.8) is 0 Å². The zero-order chi connectivity index (χ0) is 18.6. The van der Waals surface area contributed by atoms with Gasteiger partial charge in [0.2, 0.25) is 0 Å². The van der Waals surface area contributed by atoms with Crippen LogP contribution in [0.25, 0.3) is 0 Å². The van der Waals surface area contributed by atoms with Crippen LogP contribution in [0.5, 0.6) is 5.75 Å². The lowest BCUT2D eigenvalue weighted by Crippen LogP contribution is -2.37. The molecule has 2 N–H and O–H groups in total. The number of hydrogen-bond acceptors (Lipinski definition) is 6. The Bertz CT molecular complexity index is 686. The van der Waals surface area contributed by atoms with E-state index in [1.54, 1.807) is 19.1 Å². The van der Waals surface area contributed by atoms with Crippen molar-refractivity contribution in [2.75, 3.05) is 13.2 Å². The average molecular weight is 350 g/mol. The molecule has 9 heteroatoms. The summed E-state index contributed by atoms with van der Waals surface area (Å²) >= 11 is 0. The number of hydrogen-bond donors (Lipinski definition) is 2. The molecule has 1 atom stereocenters. The Morgan fingerprint density at radius 1 is 1.20 bits per heavy atom. The van der Waals surface area contributed by atoms with Crippen molar-refractivity contribution in [3.8, 4) is 5.75 Å². The molecule has 2 rings (SSSR count). The molecule has 0 spiro atoms. The molecule has 1 heterocycles. The van der Waals surface area contributed by atoms with E-state index in [-0.39, 0.29) is 18.9 Å². The van der Waals surface area contributed by atoms with Gasteiger partial charge in [-0.05, 0) is 24.6 Å². The minimum Gasteiger partial charge on any atom is -0.508 e. The van der Waals surface area contributed by atoms with Crippen LogP contribution >= 0.6 is 0 Å². The molecule has 1 saturated heterocycles. The first-order valence-electron chi connectivity index (χ1n) is 7.60. The lowest BCUT2D eigenvalue weighted by molar-refractivity contribution is -0.147. The van der Waals surface area contributed by atoms with Gasteiger partial charge in [-0.3, -0.25) is 19.3 Å². The summed E-state index contributed by atoms with van der Waals surface area (Å²) in [6.45, 7) is 1.11. The maximum absolute atomic E-state index is 12.5. The number of esters is 1. The van der Waals surface area contributed by atoms with E-state index in [9.17, 15) is 24.3 Å². The van der Waals surface area contributed by atoms with Crippen molar-refractivity contribution in [3.05, 3.63) is 29.8 Å². The molecule has 1 aromatic rings. The topological polar surface area (TPSA) is 124 Å². The van der Waals surface area contributed by atoms with Crippen molar-refractivity contribution in [2.45, 2.75) is 25.9 Å². The Morgan fingerprint density at radius 3 is 2.40 bits per heavy atom. The summed E-state index contributed by atoms with van der Waals surface area (Å²) < 4.78 is 4.74. The molecule has 1 fully saturated rings. The first kappa shape index (κ1) is 18.2. The van der Waals surface area contributed by atoms with Crippen molar-refractivity contribution in [1.82, 2.24) is 9.80 Å². The number of imide groups is 1. The van der Waals surface area contributed by atoms with E-state index < -0.39 is 42.9 Å². The van der Waals surface area contributed by atoms with Gasteiger partial charge in [0.15, 0.2) is 0 Å².